The normalized spacial score (nSPS) is 14.3. The van der Waals surface area contributed by atoms with Crippen LogP contribution < -0.4 is 20.5 Å². The highest BCUT2D eigenvalue weighted by Gasteiger charge is 2.31. The number of carbonyl (C=O) groups excluding carboxylic acids is 1. The van der Waals surface area contributed by atoms with Crippen molar-refractivity contribution in [1.82, 2.24) is 24.1 Å². The summed E-state index contributed by atoms with van der Waals surface area (Å²) in [7, 11) is -7.32. The van der Waals surface area contributed by atoms with Crippen molar-refractivity contribution in [2.45, 2.75) is 33.7 Å². The van der Waals surface area contributed by atoms with Gasteiger partial charge in [-0.2, -0.15) is 0 Å². The van der Waals surface area contributed by atoms with Crippen molar-refractivity contribution in [1.29, 1.82) is 0 Å². The van der Waals surface area contributed by atoms with E-state index in [1.165, 1.54) is 9.13 Å². The van der Waals surface area contributed by atoms with Gasteiger partial charge >= 0.3 is 5.69 Å². The molecule has 0 aliphatic carbocycles. The van der Waals surface area contributed by atoms with E-state index in [1.807, 2.05) is 6.07 Å². The maximum absolute atomic E-state index is 14.3. The molecule has 0 atom stereocenters. The van der Waals surface area contributed by atoms with Crippen LogP contribution in [0.5, 0.6) is 0 Å². The lowest BCUT2D eigenvalue weighted by Crippen LogP contribution is -2.47. The first-order valence-corrected chi connectivity index (χ1v) is 17.7. The average molecular weight is 633 g/mol. The van der Waals surface area contributed by atoms with Crippen LogP contribution in [0.3, 0.4) is 0 Å². The first-order valence-electron chi connectivity index (χ1n) is 14.4. The molecule has 4 rings (SSSR count). The predicted molar refractivity (Wildman–Crippen MR) is 169 cm³/mol. The molecule has 3 aromatic rings. The molecule has 1 aliphatic rings. The Balaban J connectivity index is 1.94. The topological polar surface area (TPSA) is 152 Å². The number of nitrogens with one attached hydrogen (secondary N) is 3. The third kappa shape index (κ3) is 7.93. The molecular weight excluding hydrogens is 592 g/mol. The Morgan fingerprint density at radius 3 is 2.26 bits per heavy atom. The first kappa shape index (κ1) is 32.5. The van der Waals surface area contributed by atoms with Gasteiger partial charge < -0.3 is 10.2 Å². The van der Waals surface area contributed by atoms with E-state index in [-0.39, 0.29) is 53.5 Å². The Hall–Kier alpha value is -3.46. The largest absolute Gasteiger partial charge is 0.335 e. The van der Waals surface area contributed by atoms with Crippen molar-refractivity contribution in [2.75, 3.05) is 49.0 Å². The van der Waals surface area contributed by atoms with Crippen LogP contribution in [0.25, 0.3) is 16.9 Å². The lowest BCUT2D eigenvalue weighted by molar-refractivity contribution is 0.0725. The quantitative estimate of drug-likeness (QED) is 0.261. The van der Waals surface area contributed by atoms with Crippen LogP contribution in [0.1, 0.15) is 37.7 Å². The molecule has 1 amide bonds. The zero-order valence-electron chi connectivity index (χ0n) is 24.7. The molecule has 0 unspecified atom stereocenters. The molecule has 2 aromatic carbocycles. The molecule has 2 heterocycles. The number of amides is 1. The lowest BCUT2D eigenvalue weighted by atomic mass is 10.1. The molecule has 234 valence electrons. The summed E-state index contributed by atoms with van der Waals surface area (Å²) in [6.07, 6.45) is 0.402. The van der Waals surface area contributed by atoms with Gasteiger partial charge in [-0.05, 0) is 24.5 Å². The van der Waals surface area contributed by atoms with E-state index < -0.39 is 25.7 Å². The van der Waals surface area contributed by atoms with E-state index in [2.05, 4.69) is 14.8 Å². The van der Waals surface area contributed by atoms with Gasteiger partial charge in [0.2, 0.25) is 20.0 Å². The second-order valence-electron chi connectivity index (χ2n) is 10.9. The Labute approximate surface area is 253 Å². The number of piperazine rings is 1. The highest BCUT2D eigenvalue weighted by Crippen LogP contribution is 2.31. The highest BCUT2D eigenvalue weighted by atomic mass is 32.2. The molecule has 43 heavy (non-hydrogen) atoms. The highest BCUT2D eigenvalue weighted by molar-refractivity contribution is 7.92. The molecule has 1 fully saturated rings. The monoisotopic (exact) mass is 632 g/mol. The molecule has 1 saturated heterocycles. The van der Waals surface area contributed by atoms with Crippen molar-refractivity contribution in [3.05, 3.63) is 70.8 Å². The number of nitrogens with zero attached hydrogens (tertiary/aromatic N) is 3. The fraction of sp³-hybridized carbons (Fsp3) is 0.448. The minimum Gasteiger partial charge on any atom is -0.335 e. The zero-order valence-corrected chi connectivity index (χ0v) is 26.4. The molecule has 1 aliphatic heterocycles. The van der Waals surface area contributed by atoms with Gasteiger partial charge in [0.1, 0.15) is 5.69 Å². The summed E-state index contributed by atoms with van der Waals surface area (Å²) in [6.45, 7) is 7.18. The van der Waals surface area contributed by atoms with Gasteiger partial charge in [-0.25, -0.2) is 26.4 Å². The van der Waals surface area contributed by atoms with Crippen LogP contribution in [0.2, 0.25) is 0 Å². The SMILES string of the molecule is CCCS(=O)(=O)Nc1ccccc1-n1c(-c2ccccc2)c(C(=O)N2CCNCC2)n(CCNS(=O)(=O)CC(C)C)c1=O. The minimum absolute atomic E-state index is 0.0734. The third-order valence-corrected chi connectivity index (χ3v) is 10.1. The second kappa shape index (κ2) is 13.9. The van der Waals surface area contributed by atoms with Crippen LogP contribution >= 0.6 is 0 Å². The van der Waals surface area contributed by atoms with Gasteiger partial charge in [0.15, 0.2) is 0 Å². The first-order chi connectivity index (χ1) is 20.4. The lowest BCUT2D eigenvalue weighted by Gasteiger charge is -2.28. The van der Waals surface area contributed by atoms with Gasteiger partial charge in [-0.15, -0.1) is 0 Å². The van der Waals surface area contributed by atoms with Crippen LogP contribution in [-0.2, 0) is 26.6 Å². The van der Waals surface area contributed by atoms with Gasteiger partial charge in [-0.1, -0.05) is 63.2 Å². The molecule has 0 radical (unpaired) electrons. The standard InChI is InChI=1S/C29H40N6O6S2/c1-4-20-42(38,39)32-24-12-8-9-13-25(24)35-26(23-10-6-5-7-11-23)27(28(36)33-17-14-30-15-18-33)34(29(35)37)19-16-31-43(40,41)21-22(2)3/h5-13,22,30-32H,4,14-21H2,1-3H3. The van der Waals surface area contributed by atoms with Gasteiger partial charge in [0, 0.05) is 44.8 Å². The van der Waals surface area contributed by atoms with E-state index in [4.69, 9.17) is 0 Å². The summed E-state index contributed by atoms with van der Waals surface area (Å²) in [5, 5.41) is 3.22. The minimum atomic E-state index is -3.71. The Morgan fingerprint density at radius 1 is 0.953 bits per heavy atom. The van der Waals surface area contributed by atoms with Crippen LogP contribution in [0.15, 0.2) is 59.4 Å². The van der Waals surface area contributed by atoms with Crippen molar-refractivity contribution in [2.24, 2.45) is 5.92 Å². The fourth-order valence-corrected chi connectivity index (χ4v) is 7.67. The van der Waals surface area contributed by atoms with Gasteiger partial charge in [0.05, 0.1) is 28.6 Å². The Bertz CT molecular complexity index is 1690. The molecule has 12 nitrogen and oxygen atoms in total. The number of sulfonamides is 2. The number of carbonyl (C=O) groups is 1. The number of para-hydroxylation sites is 2. The number of hydrogen-bond donors (Lipinski definition) is 3. The summed E-state index contributed by atoms with van der Waals surface area (Å²) < 4.78 is 58.5. The fourth-order valence-electron chi connectivity index (χ4n) is 5.13. The number of aromatic nitrogens is 2. The van der Waals surface area contributed by atoms with E-state index in [9.17, 15) is 26.4 Å². The molecule has 0 saturated carbocycles. The molecule has 0 spiro atoms. The van der Waals surface area contributed by atoms with Crippen LogP contribution in [0.4, 0.5) is 5.69 Å². The van der Waals surface area contributed by atoms with Crippen molar-refractivity contribution < 1.29 is 21.6 Å². The second-order valence-corrected chi connectivity index (χ2v) is 14.6. The molecule has 1 aromatic heterocycles. The maximum atomic E-state index is 14.3. The van der Waals surface area contributed by atoms with Crippen molar-refractivity contribution in [3.8, 4) is 16.9 Å². The molecular formula is C29H40N6O6S2. The number of rotatable bonds is 13. The van der Waals surface area contributed by atoms with E-state index in [0.29, 0.717) is 43.9 Å². The Kier molecular flexibility index (Phi) is 10.5. The van der Waals surface area contributed by atoms with E-state index in [0.717, 1.165) is 0 Å². The number of imidazole rings is 1. The Morgan fingerprint density at radius 2 is 1.60 bits per heavy atom. The van der Waals surface area contributed by atoms with E-state index in [1.54, 1.807) is 74.2 Å². The van der Waals surface area contributed by atoms with Crippen molar-refractivity contribution >= 4 is 31.6 Å². The summed E-state index contributed by atoms with van der Waals surface area (Å²) >= 11 is 0. The average Bonchev–Trinajstić information content (AvgIpc) is 3.24. The number of anilines is 1. The number of hydrogen-bond acceptors (Lipinski definition) is 7. The maximum Gasteiger partial charge on any atom is 0.334 e. The van der Waals surface area contributed by atoms with Gasteiger partial charge in [-0.3, -0.25) is 18.7 Å². The summed E-state index contributed by atoms with van der Waals surface area (Å²) in [4.78, 5) is 30.2. The van der Waals surface area contributed by atoms with Crippen LogP contribution in [0, 0.1) is 5.92 Å². The smallest absolute Gasteiger partial charge is 0.334 e. The van der Waals surface area contributed by atoms with Crippen molar-refractivity contribution in [3.63, 3.8) is 0 Å². The van der Waals surface area contributed by atoms with Gasteiger partial charge in [0.25, 0.3) is 5.91 Å². The predicted octanol–water partition coefficient (Wildman–Crippen LogP) is 2.08. The molecule has 3 N–H and O–H groups in total. The molecule has 14 heteroatoms. The summed E-state index contributed by atoms with van der Waals surface area (Å²) in [5.74, 6) is -0.642. The van der Waals surface area contributed by atoms with E-state index >= 15 is 0 Å². The molecule has 0 bridgehead atoms. The summed E-state index contributed by atoms with van der Waals surface area (Å²) in [6, 6.07) is 15.5. The number of benzene rings is 2. The third-order valence-electron chi connectivity index (χ3n) is 6.89. The van der Waals surface area contributed by atoms with Crippen LogP contribution in [-0.4, -0.2) is 81.0 Å². The zero-order chi connectivity index (χ0) is 31.2. The summed E-state index contributed by atoms with van der Waals surface area (Å²) in [5.41, 5.74) is 0.811.